The average Bonchev–Trinajstić information content (AvgIpc) is 3.08. The summed E-state index contributed by atoms with van der Waals surface area (Å²) < 4.78 is 20.4. The summed E-state index contributed by atoms with van der Waals surface area (Å²) in [6, 6.07) is 10.4. The third-order valence-corrected chi connectivity index (χ3v) is 5.69. The topological polar surface area (TPSA) is 38.3 Å². The summed E-state index contributed by atoms with van der Waals surface area (Å²) in [7, 11) is 0. The van der Waals surface area contributed by atoms with Gasteiger partial charge in [-0.25, -0.2) is 4.39 Å². The van der Waals surface area contributed by atoms with Crippen molar-refractivity contribution in [2.24, 2.45) is 0 Å². The summed E-state index contributed by atoms with van der Waals surface area (Å²) in [6.07, 6.45) is 0. The van der Waals surface area contributed by atoms with Gasteiger partial charge in [-0.15, -0.1) is 11.3 Å². The SMILES string of the molecule is Cc1cc(C)c(C)c(OCc2csc(C(=O)Nc3ccc(Br)cc3F)c2)c1. The Bertz CT molecular complexity index is 1000. The lowest BCUT2D eigenvalue weighted by Gasteiger charge is -2.11. The van der Waals surface area contributed by atoms with Crippen molar-refractivity contribution >= 4 is 38.9 Å². The smallest absolute Gasteiger partial charge is 0.265 e. The van der Waals surface area contributed by atoms with Crippen LogP contribution in [0.25, 0.3) is 0 Å². The molecule has 0 saturated heterocycles. The van der Waals surface area contributed by atoms with Gasteiger partial charge in [-0.3, -0.25) is 4.79 Å². The monoisotopic (exact) mass is 447 g/mol. The maximum Gasteiger partial charge on any atom is 0.265 e. The lowest BCUT2D eigenvalue weighted by molar-refractivity contribution is 0.103. The van der Waals surface area contributed by atoms with E-state index in [1.54, 1.807) is 12.1 Å². The van der Waals surface area contributed by atoms with E-state index in [0.717, 1.165) is 22.4 Å². The number of ether oxygens (including phenoxy) is 1. The molecular weight excluding hydrogens is 429 g/mol. The fraction of sp³-hybridized carbons (Fsp3) is 0.190. The lowest BCUT2D eigenvalue weighted by atomic mass is 10.1. The molecule has 1 heterocycles. The minimum Gasteiger partial charge on any atom is -0.489 e. The van der Waals surface area contributed by atoms with Crippen LogP contribution in [0.4, 0.5) is 10.1 Å². The van der Waals surface area contributed by atoms with Crippen LogP contribution in [-0.2, 0) is 6.61 Å². The molecule has 3 nitrogen and oxygen atoms in total. The zero-order valence-corrected chi connectivity index (χ0v) is 17.6. The Kier molecular flexibility index (Phi) is 5.97. The van der Waals surface area contributed by atoms with Crippen molar-refractivity contribution in [3.8, 4) is 5.75 Å². The first-order valence-electron chi connectivity index (χ1n) is 8.38. The number of carbonyl (C=O) groups is 1. The number of benzene rings is 2. The van der Waals surface area contributed by atoms with Crippen molar-refractivity contribution < 1.29 is 13.9 Å². The van der Waals surface area contributed by atoms with Crippen LogP contribution < -0.4 is 10.1 Å². The Morgan fingerprint density at radius 2 is 1.96 bits per heavy atom. The molecule has 0 aliphatic rings. The van der Waals surface area contributed by atoms with Crippen molar-refractivity contribution in [3.05, 3.63) is 79.2 Å². The predicted molar refractivity (Wildman–Crippen MR) is 111 cm³/mol. The molecule has 0 fully saturated rings. The van der Waals surface area contributed by atoms with Gasteiger partial charge in [0.05, 0.1) is 10.6 Å². The van der Waals surface area contributed by atoms with E-state index in [0.29, 0.717) is 16.0 Å². The summed E-state index contributed by atoms with van der Waals surface area (Å²) >= 11 is 4.50. The van der Waals surface area contributed by atoms with E-state index in [1.807, 2.05) is 25.3 Å². The van der Waals surface area contributed by atoms with E-state index < -0.39 is 5.82 Å². The Morgan fingerprint density at radius 3 is 2.70 bits per heavy atom. The molecular formula is C21H19BrFNO2S. The van der Waals surface area contributed by atoms with Gasteiger partial charge in [-0.1, -0.05) is 22.0 Å². The zero-order valence-electron chi connectivity index (χ0n) is 15.2. The van der Waals surface area contributed by atoms with Gasteiger partial charge < -0.3 is 10.1 Å². The molecule has 0 aliphatic heterocycles. The summed E-state index contributed by atoms with van der Waals surface area (Å²) in [4.78, 5) is 12.9. The van der Waals surface area contributed by atoms with E-state index in [1.165, 1.54) is 29.0 Å². The van der Waals surface area contributed by atoms with Crippen LogP contribution in [0, 0.1) is 26.6 Å². The lowest BCUT2D eigenvalue weighted by Crippen LogP contribution is -2.11. The molecule has 1 amide bonds. The molecule has 0 saturated carbocycles. The minimum absolute atomic E-state index is 0.153. The van der Waals surface area contributed by atoms with Crippen LogP contribution >= 0.6 is 27.3 Å². The molecule has 0 aliphatic carbocycles. The van der Waals surface area contributed by atoms with Crippen LogP contribution in [0.3, 0.4) is 0 Å². The first-order valence-corrected chi connectivity index (χ1v) is 10.0. The van der Waals surface area contributed by atoms with Crippen molar-refractivity contribution in [1.82, 2.24) is 0 Å². The first-order chi connectivity index (χ1) is 12.8. The molecule has 2 aromatic carbocycles. The number of carbonyl (C=O) groups excluding carboxylic acids is 1. The Balaban J connectivity index is 1.67. The van der Waals surface area contributed by atoms with Gasteiger partial charge in [0.15, 0.2) is 0 Å². The number of hydrogen-bond acceptors (Lipinski definition) is 3. The van der Waals surface area contributed by atoms with Crippen LogP contribution in [-0.4, -0.2) is 5.91 Å². The van der Waals surface area contributed by atoms with Gasteiger partial charge in [0.1, 0.15) is 18.2 Å². The summed E-state index contributed by atoms with van der Waals surface area (Å²) in [5.41, 5.74) is 4.50. The second-order valence-corrected chi connectivity index (χ2v) is 8.22. The molecule has 3 aromatic rings. The second-order valence-electron chi connectivity index (χ2n) is 6.39. The fourth-order valence-corrected chi connectivity index (χ4v) is 3.78. The molecule has 6 heteroatoms. The van der Waals surface area contributed by atoms with Crippen molar-refractivity contribution in [2.75, 3.05) is 5.32 Å². The maximum absolute atomic E-state index is 13.9. The van der Waals surface area contributed by atoms with Crippen molar-refractivity contribution in [3.63, 3.8) is 0 Å². The van der Waals surface area contributed by atoms with E-state index in [2.05, 4.69) is 34.2 Å². The van der Waals surface area contributed by atoms with Crippen LogP contribution in [0.2, 0.25) is 0 Å². The molecule has 3 rings (SSSR count). The second kappa shape index (κ2) is 8.23. The Morgan fingerprint density at radius 1 is 1.19 bits per heavy atom. The fourth-order valence-electron chi connectivity index (χ4n) is 2.66. The first kappa shape index (κ1) is 19.6. The zero-order chi connectivity index (χ0) is 19.6. The number of aryl methyl sites for hydroxylation is 2. The Hall–Kier alpha value is -2.18. The van der Waals surface area contributed by atoms with Crippen LogP contribution in [0.1, 0.15) is 31.9 Å². The van der Waals surface area contributed by atoms with Crippen LogP contribution in [0.5, 0.6) is 5.75 Å². The van der Waals surface area contributed by atoms with E-state index >= 15 is 0 Å². The number of amides is 1. The summed E-state index contributed by atoms with van der Waals surface area (Å²) in [6.45, 7) is 6.50. The normalized spacial score (nSPS) is 10.7. The highest BCUT2D eigenvalue weighted by atomic mass is 79.9. The third-order valence-electron chi connectivity index (χ3n) is 4.22. The van der Waals surface area contributed by atoms with Gasteiger partial charge in [-0.05, 0) is 73.2 Å². The summed E-state index contributed by atoms with van der Waals surface area (Å²) in [5, 5.41) is 4.48. The van der Waals surface area contributed by atoms with Gasteiger partial charge in [0, 0.05) is 10.0 Å². The number of halogens is 2. The van der Waals surface area contributed by atoms with E-state index in [9.17, 15) is 9.18 Å². The molecule has 0 bridgehead atoms. The number of nitrogens with one attached hydrogen (secondary N) is 1. The highest BCUT2D eigenvalue weighted by Gasteiger charge is 2.13. The van der Waals surface area contributed by atoms with E-state index in [-0.39, 0.29) is 11.6 Å². The van der Waals surface area contributed by atoms with Crippen LogP contribution in [0.15, 0.2) is 46.3 Å². The highest BCUT2D eigenvalue weighted by Crippen LogP contribution is 2.26. The number of thiophene rings is 1. The third kappa shape index (κ3) is 4.76. The summed E-state index contributed by atoms with van der Waals surface area (Å²) in [5.74, 6) is 0.0276. The van der Waals surface area contributed by atoms with Gasteiger partial charge in [0.2, 0.25) is 0 Å². The molecule has 0 atom stereocenters. The quantitative estimate of drug-likeness (QED) is 0.490. The molecule has 1 N–H and O–H groups in total. The molecule has 0 spiro atoms. The van der Waals surface area contributed by atoms with Gasteiger partial charge in [0.25, 0.3) is 5.91 Å². The predicted octanol–water partition coefficient (Wildman–Crippen LogP) is 6.41. The minimum atomic E-state index is -0.483. The largest absolute Gasteiger partial charge is 0.489 e. The Labute approximate surface area is 170 Å². The maximum atomic E-state index is 13.9. The standard InChI is InChI=1S/C21H19BrFNO2S/c1-12-6-13(2)14(3)19(7-12)26-10-15-8-20(27-11-15)21(25)24-18-5-4-16(22)9-17(18)23/h4-9,11H,10H2,1-3H3,(H,24,25). The number of anilines is 1. The van der Waals surface area contributed by atoms with E-state index in [4.69, 9.17) is 4.74 Å². The molecule has 0 radical (unpaired) electrons. The molecule has 27 heavy (non-hydrogen) atoms. The highest BCUT2D eigenvalue weighted by molar-refractivity contribution is 9.10. The molecule has 1 aromatic heterocycles. The average molecular weight is 448 g/mol. The van der Waals surface area contributed by atoms with Gasteiger partial charge in [-0.2, -0.15) is 0 Å². The molecule has 140 valence electrons. The van der Waals surface area contributed by atoms with Gasteiger partial charge >= 0.3 is 0 Å². The number of rotatable bonds is 5. The molecule has 0 unspecified atom stereocenters. The van der Waals surface area contributed by atoms with Crippen molar-refractivity contribution in [2.45, 2.75) is 27.4 Å². The van der Waals surface area contributed by atoms with Crippen molar-refractivity contribution in [1.29, 1.82) is 0 Å². The number of hydrogen-bond donors (Lipinski definition) is 1.